The van der Waals surface area contributed by atoms with Crippen LogP contribution in [0.2, 0.25) is 4.34 Å². The monoisotopic (exact) mass is 261 g/mol. The van der Waals surface area contributed by atoms with E-state index in [1.807, 2.05) is 6.07 Å². The zero-order valence-corrected chi connectivity index (χ0v) is 11.5. The van der Waals surface area contributed by atoms with E-state index in [0.717, 1.165) is 36.9 Å². The van der Waals surface area contributed by atoms with Gasteiger partial charge in [0.15, 0.2) is 0 Å². The molecule has 0 atom stereocenters. The van der Waals surface area contributed by atoms with E-state index >= 15 is 0 Å². The first-order valence-electron chi connectivity index (χ1n) is 5.75. The van der Waals surface area contributed by atoms with Gasteiger partial charge in [-0.1, -0.05) is 11.6 Å². The molecule has 0 aromatic carbocycles. The van der Waals surface area contributed by atoms with Gasteiger partial charge in [-0.25, -0.2) is 0 Å². The third-order valence-corrected chi connectivity index (χ3v) is 3.36. The quantitative estimate of drug-likeness (QED) is 0.721. The largest absolute Gasteiger partial charge is 0.379 e. The van der Waals surface area contributed by atoms with Gasteiger partial charge in [0, 0.05) is 18.0 Å². The molecule has 0 aliphatic heterocycles. The van der Waals surface area contributed by atoms with Crippen LogP contribution in [0.1, 0.15) is 31.6 Å². The number of ether oxygens (including phenoxy) is 1. The average molecular weight is 262 g/mol. The van der Waals surface area contributed by atoms with Gasteiger partial charge in [-0.2, -0.15) is 0 Å². The molecule has 2 nitrogen and oxygen atoms in total. The van der Waals surface area contributed by atoms with Crippen LogP contribution in [0.25, 0.3) is 0 Å². The molecule has 1 heterocycles. The van der Waals surface area contributed by atoms with Gasteiger partial charge in [0.25, 0.3) is 0 Å². The maximum absolute atomic E-state index is 5.85. The minimum atomic E-state index is 0.348. The Bertz CT molecular complexity index is 288. The molecule has 0 aliphatic rings. The molecule has 4 heteroatoms. The van der Waals surface area contributed by atoms with E-state index in [1.165, 1.54) is 4.88 Å². The summed E-state index contributed by atoms with van der Waals surface area (Å²) in [6.07, 6.45) is 2.63. The molecule has 1 aromatic heterocycles. The average Bonchev–Trinajstić information content (AvgIpc) is 2.62. The van der Waals surface area contributed by atoms with Crippen molar-refractivity contribution >= 4 is 22.9 Å². The van der Waals surface area contributed by atoms with Crippen LogP contribution < -0.4 is 5.32 Å². The summed E-state index contributed by atoms with van der Waals surface area (Å²) in [6, 6.07) is 4.02. The lowest BCUT2D eigenvalue weighted by atomic mass is 10.3. The van der Waals surface area contributed by atoms with E-state index in [1.54, 1.807) is 11.3 Å². The maximum atomic E-state index is 5.85. The molecule has 0 unspecified atom stereocenters. The van der Waals surface area contributed by atoms with E-state index in [4.69, 9.17) is 16.3 Å². The highest BCUT2D eigenvalue weighted by atomic mass is 35.5. The Balaban J connectivity index is 1.92. The molecule has 0 amide bonds. The van der Waals surface area contributed by atoms with Crippen LogP contribution in [0.4, 0.5) is 0 Å². The fraction of sp³-hybridized carbons (Fsp3) is 0.667. The summed E-state index contributed by atoms with van der Waals surface area (Å²) in [5, 5.41) is 3.40. The molecule has 0 aliphatic carbocycles. The number of unbranched alkanes of at least 4 members (excludes halogenated alkanes) is 1. The molecular weight excluding hydrogens is 242 g/mol. The van der Waals surface area contributed by atoms with Crippen LogP contribution >= 0.6 is 22.9 Å². The molecule has 0 saturated heterocycles. The standard InChI is InChI=1S/C12H20ClNOS/c1-10(2)15-8-4-3-7-14-9-11-5-6-12(13)16-11/h5-6,10,14H,3-4,7-9H2,1-2H3. The lowest BCUT2D eigenvalue weighted by molar-refractivity contribution is 0.0760. The highest BCUT2D eigenvalue weighted by Crippen LogP contribution is 2.20. The van der Waals surface area contributed by atoms with Crippen molar-refractivity contribution in [2.45, 2.75) is 39.3 Å². The van der Waals surface area contributed by atoms with Gasteiger partial charge in [0.05, 0.1) is 10.4 Å². The number of hydrogen-bond donors (Lipinski definition) is 1. The summed E-state index contributed by atoms with van der Waals surface area (Å²) in [5.74, 6) is 0. The Kier molecular flexibility index (Phi) is 7.05. The summed E-state index contributed by atoms with van der Waals surface area (Å²) in [5.41, 5.74) is 0. The minimum absolute atomic E-state index is 0.348. The Morgan fingerprint density at radius 3 is 2.81 bits per heavy atom. The predicted octanol–water partition coefficient (Wildman–Crippen LogP) is 3.70. The van der Waals surface area contributed by atoms with E-state index < -0.39 is 0 Å². The first kappa shape index (κ1) is 14.0. The van der Waals surface area contributed by atoms with Gasteiger partial charge in [0.2, 0.25) is 0 Å². The van der Waals surface area contributed by atoms with Gasteiger partial charge in [-0.3, -0.25) is 0 Å². The highest BCUT2D eigenvalue weighted by molar-refractivity contribution is 7.16. The van der Waals surface area contributed by atoms with E-state index in [0.29, 0.717) is 6.10 Å². The summed E-state index contributed by atoms with van der Waals surface area (Å²) in [4.78, 5) is 1.29. The second kappa shape index (κ2) is 8.07. The Hall–Kier alpha value is -0.0900. The molecule has 0 fully saturated rings. The molecule has 0 spiro atoms. The second-order valence-corrected chi connectivity index (χ2v) is 5.81. The molecule has 92 valence electrons. The van der Waals surface area contributed by atoms with Gasteiger partial charge in [0.1, 0.15) is 0 Å². The lowest BCUT2D eigenvalue weighted by Crippen LogP contribution is -2.14. The van der Waals surface area contributed by atoms with Crippen molar-refractivity contribution in [3.8, 4) is 0 Å². The topological polar surface area (TPSA) is 21.3 Å². The Labute approximate surface area is 107 Å². The summed E-state index contributed by atoms with van der Waals surface area (Å²) in [7, 11) is 0. The summed E-state index contributed by atoms with van der Waals surface area (Å²) >= 11 is 7.48. The van der Waals surface area contributed by atoms with Gasteiger partial charge in [-0.05, 0) is 45.4 Å². The summed E-state index contributed by atoms with van der Waals surface area (Å²) in [6.45, 7) is 6.96. The van der Waals surface area contributed by atoms with Crippen LogP contribution in [-0.2, 0) is 11.3 Å². The number of nitrogens with one attached hydrogen (secondary N) is 1. The van der Waals surface area contributed by atoms with Crippen LogP contribution in [0, 0.1) is 0 Å². The molecule has 1 rings (SSSR count). The summed E-state index contributed by atoms with van der Waals surface area (Å²) < 4.78 is 6.33. The smallest absolute Gasteiger partial charge is 0.0931 e. The van der Waals surface area contributed by atoms with Crippen molar-refractivity contribution in [2.75, 3.05) is 13.2 Å². The number of hydrogen-bond acceptors (Lipinski definition) is 3. The van der Waals surface area contributed by atoms with Crippen LogP contribution in [0.5, 0.6) is 0 Å². The second-order valence-electron chi connectivity index (χ2n) is 4.01. The van der Waals surface area contributed by atoms with Gasteiger partial charge < -0.3 is 10.1 Å². The van der Waals surface area contributed by atoms with Gasteiger partial charge >= 0.3 is 0 Å². The molecule has 0 saturated carbocycles. The van der Waals surface area contributed by atoms with Crippen molar-refractivity contribution in [1.29, 1.82) is 0 Å². The normalized spacial score (nSPS) is 11.2. The maximum Gasteiger partial charge on any atom is 0.0931 e. The van der Waals surface area contributed by atoms with E-state index in [-0.39, 0.29) is 0 Å². The predicted molar refractivity (Wildman–Crippen MR) is 71.4 cm³/mol. The fourth-order valence-electron chi connectivity index (χ4n) is 1.33. The van der Waals surface area contributed by atoms with Crippen molar-refractivity contribution in [1.82, 2.24) is 5.32 Å². The van der Waals surface area contributed by atoms with E-state index in [9.17, 15) is 0 Å². The molecule has 0 bridgehead atoms. The van der Waals surface area contributed by atoms with Crippen molar-refractivity contribution in [2.24, 2.45) is 0 Å². The zero-order chi connectivity index (χ0) is 11.8. The highest BCUT2D eigenvalue weighted by Gasteiger charge is 1.97. The third-order valence-electron chi connectivity index (χ3n) is 2.13. The molecule has 16 heavy (non-hydrogen) atoms. The Morgan fingerprint density at radius 2 is 2.19 bits per heavy atom. The molecule has 0 radical (unpaired) electrons. The molecule has 1 aromatic rings. The van der Waals surface area contributed by atoms with Crippen molar-refractivity contribution in [3.63, 3.8) is 0 Å². The number of thiophene rings is 1. The fourth-order valence-corrected chi connectivity index (χ4v) is 2.39. The van der Waals surface area contributed by atoms with E-state index in [2.05, 4.69) is 25.2 Å². The first-order valence-corrected chi connectivity index (χ1v) is 6.94. The number of halogens is 1. The third kappa shape index (κ3) is 6.48. The van der Waals surface area contributed by atoms with Crippen LogP contribution in [0.15, 0.2) is 12.1 Å². The first-order chi connectivity index (χ1) is 7.68. The molecular formula is C12H20ClNOS. The van der Waals surface area contributed by atoms with Crippen molar-refractivity contribution < 1.29 is 4.74 Å². The lowest BCUT2D eigenvalue weighted by Gasteiger charge is -2.07. The van der Waals surface area contributed by atoms with Crippen LogP contribution in [-0.4, -0.2) is 19.3 Å². The zero-order valence-electron chi connectivity index (χ0n) is 9.96. The SMILES string of the molecule is CC(C)OCCCCNCc1ccc(Cl)s1. The van der Waals surface area contributed by atoms with Crippen LogP contribution in [0.3, 0.4) is 0 Å². The minimum Gasteiger partial charge on any atom is -0.379 e. The molecule has 1 N–H and O–H groups in total. The van der Waals surface area contributed by atoms with Gasteiger partial charge in [-0.15, -0.1) is 11.3 Å². The number of rotatable bonds is 8. The Morgan fingerprint density at radius 1 is 1.38 bits per heavy atom. The van der Waals surface area contributed by atoms with Crippen molar-refractivity contribution in [3.05, 3.63) is 21.3 Å².